The highest BCUT2D eigenvalue weighted by Crippen LogP contribution is 2.14. The zero-order chi connectivity index (χ0) is 7.61. The van der Waals surface area contributed by atoms with Crippen molar-refractivity contribution in [1.82, 2.24) is 0 Å². The fourth-order valence-electron chi connectivity index (χ4n) is 0.700. The Morgan fingerprint density at radius 3 is 3.00 bits per heavy atom. The fraction of sp³-hybridized carbons (Fsp3) is 0.571. The SMILES string of the molecule is CC1(CO)C=CC(=O)CO1. The van der Waals surface area contributed by atoms with Crippen LogP contribution in [-0.4, -0.2) is 29.7 Å². The molecule has 0 aliphatic carbocycles. The van der Waals surface area contributed by atoms with E-state index in [-0.39, 0.29) is 19.0 Å². The molecule has 0 saturated heterocycles. The predicted molar refractivity (Wildman–Crippen MR) is 35.6 cm³/mol. The average molecular weight is 142 g/mol. The summed E-state index contributed by atoms with van der Waals surface area (Å²) in [5, 5.41) is 8.75. The smallest absolute Gasteiger partial charge is 0.181 e. The van der Waals surface area contributed by atoms with Gasteiger partial charge in [0.2, 0.25) is 0 Å². The molecule has 1 aliphatic rings. The highest BCUT2D eigenvalue weighted by Gasteiger charge is 2.24. The molecule has 0 amide bonds. The first-order chi connectivity index (χ1) is 4.66. The maximum atomic E-state index is 10.6. The lowest BCUT2D eigenvalue weighted by Crippen LogP contribution is -2.35. The van der Waals surface area contributed by atoms with Crippen molar-refractivity contribution in [2.45, 2.75) is 12.5 Å². The molecule has 0 bridgehead atoms. The molecule has 10 heavy (non-hydrogen) atoms. The molecule has 1 atom stereocenters. The molecule has 3 heteroatoms. The predicted octanol–water partition coefficient (Wildman–Crippen LogP) is -0.107. The molecule has 0 aromatic carbocycles. The van der Waals surface area contributed by atoms with Crippen molar-refractivity contribution >= 4 is 5.78 Å². The molecule has 3 nitrogen and oxygen atoms in total. The zero-order valence-corrected chi connectivity index (χ0v) is 5.83. The van der Waals surface area contributed by atoms with Crippen molar-refractivity contribution in [2.24, 2.45) is 0 Å². The summed E-state index contributed by atoms with van der Waals surface area (Å²) in [6.45, 7) is 1.72. The van der Waals surface area contributed by atoms with E-state index in [1.807, 2.05) is 0 Å². The van der Waals surface area contributed by atoms with E-state index in [1.54, 1.807) is 13.0 Å². The van der Waals surface area contributed by atoms with Crippen LogP contribution in [0.1, 0.15) is 6.92 Å². The number of ether oxygens (including phenoxy) is 1. The monoisotopic (exact) mass is 142 g/mol. The quantitative estimate of drug-likeness (QED) is 0.555. The molecule has 0 aromatic heterocycles. The van der Waals surface area contributed by atoms with Gasteiger partial charge in [-0.2, -0.15) is 0 Å². The molecular weight excluding hydrogens is 132 g/mol. The number of rotatable bonds is 1. The molecular formula is C7H10O3. The van der Waals surface area contributed by atoms with Crippen LogP contribution in [0.5, 0.6) is 0 Å². The van der Waals surface area contributed by atoms with Gasteiger partial charge in [-0.05, 0) is 19.1 Å². The van der Waals surface area contributed by atoms with Gasteiger partial charge in [-0.15, -0.1) is 0 Å². The van der Waals surface area contributed by atoms with Gasteiger partial charge in [0.1, 0.15) is 12.2 Å². The van der Waals surface area contributed by atoms with Crippen LogP contribution < -0.4 is 0 Å². The summed E-state index contributed by atoms with van der Waals surface area (Å²) in [7, 11) is 0. The van der Waals surface area contributed by atoms with E-state index in [1.165, 1.54) is 6.08 Å². The van der Waals surface area contributed by atoms with Crippen molar-refractivity contribution in [3.05, 3.63) is 12.2 Å². The number of carbonyl (C=O) groups is 1. The lowest BCUT2D eigenvalue weighted by atomic mass is 10.0. The molecule has 0 fully saturated rings. The van der Waals surface area contributed by atoms with E-state index < -0.39 is 5.60 Å². The third kappa shape index (κ3) is 1.43. The van der Waals surface area contributed by atoms with Gasteiger partial charge in [-0.25, -0.2) is 0 Å². The van der Waals surface area contributed by atoms with Gasteiger partial charge in [0.25, 0.3) is 0 Å². The Labute approximate surface area is 59.3 Å². The second-order valence-corrected chi connectivity index (χ2v) is 2.56. The summed E-state index contributed by atoms with van der Waals surface area (Å²) >= 11 is 0. The minimum atomic E-state index is -0.645. The van der Waals surface area contributed by atoms with Crippen molar-refractivity contribution in [3.63, 3.8) is 0 Å². The maximum Gasteiger partial charge on any atom is 0.181 e. The van der Waals surface area contributed by atoms with Crippen LogP contribution in [0.4, 0.5) is 0 Å². The third-order valence-electron chi connectivity index (χ3n) is 1.48. The lowest BCUT2D eigenvalue weighted by Gasteiger charge is -2.25. The standard InChI is InChI=1S/C7H10O3/c1-7(5-8)3-2-6(9)4-10-7/h2-3,8H,4-5H2,1H3. The summed E-state index contributed by atoms with van der Waals surface area (Å²) < 4.78 is 5.04. The number of hydrogen-bond acceptors (Lipinski definition) is 3. The van der Waals surface area contributed by atoms with Gasteiger partial charge in [0.15, 0.2) is 5.78 Å². The zero-order valence-electron chi connectivity index (χ0n) is 5.83. The van der Waals surface area contributed by atoms with Crippen LogP contribution in [0.3, 0.4) is 0 Å². The molecule has 0 spiro atoms. The van der Waals surface area contributed by atoms with Gasteiger partial charge in [-0.1, -0.05) is 0 Å². The summed E-state index contributed by atoms with van der Waals surface area (Å²) in [6, 6.07) is 0. The largest absolute Gasteiger partial charge is 0.393 e. The van der Waals surface area contributed by atoms with Crippen molar-refractivity contribution < 1.29 is 14.6 Å². The molecule has 1 rings (SSSR count). The molecule has 1 heterocycles. The first kappa shape index (κ1) is 7.44. The van der Waals surface area contributed by atoms with E-state index in [0.29, 0.717) is 0 Å². The van der Waals surface area contributed by atoms with Crippen LogP contribution in [0.15, 0.2) is 12.2 Å². The Balaban J connectivity index is 2.68. The third-order valence-corrected chi connectivity index (χ3v) is 1.48. The van der Waals surface area contributed by atoms with Crippen molar-refractivity contribution in [1.29, 1.82) is 0 Å². The maximum absolute atomic E-state index is 10.6. The Morgan fingerprint density at radius 2 is 2.60 bits per heavy atom. The van der Waals surface area contributed by atoms with Crippen molar-refractivity contribution in [3.8, 4) is 0 Å². The Morgan fingerprint density at radius 1 is 1.90 bits per heavy atom. The summed E-state index contributed by atoms with van der Waals surface area (Å²) in [6.07, 6.45) is 3.03. The summed E-state index contributed by atoms with van der Waals surface area (Å²) in [5.74, 6) is -0.0501. The topological polar surface area (TPSA) is 46.5 Å². The number of carbonyl (C=O) groups excluding carboxylic acids is 1. The highest BCUT2D eigenvalue weighted by atomic mass is 16.5. The molecule has 1 N–H and O–H groups in total. The molecule has 56 valence electrons. The summed E-state index contributed by atoms with van der Waals surface area (Å²) in [5.41, 5.74) is -0.645. The molecule has 1 unspecified atom stereocenters. The molecule has 0 aromatic rings. The number of aliphatic hydroxyl groups excluding tert-OH is 1. The first-order valence-electron chi connectivity index (χ1n) is 3.13. The van der Waals surface area contributed by atoms with Crippen LogP contribution in [0, 0.1) is 0 Å². The Kier molecular flexibility index (Phi) is 1.87. The fourth-order valence-corrected chi connectivity index (χ4v) is 0.700. The molecule has 0 radical (unpaired) electrons. The average Bonchev–Trinajstić information content (AvgIpc) is 1.96. The van der Waals surface area contributed by atoms with Gasteiger partial charge in [-0.3, -0.25) is 4.79 Å². The number of aliphatic hydroxyl groups is 1. The minimum Gasteiger partial charge on any atom is -0.393 e. The second-order valence-electron chi connectivity index (χ2n) is 2.56. The van der Waals surface area contributed by atoms with E-state index in [4.69, 9.17) is 9.84 Å². The van der Waals surface area contributed by atoms with Crippen LogP contribution >= 0.6 is 0 Å². The number of ketones is 1. The van der Waals surface area contributed by atoms with Gasteiger partial charge in [0, 0.05) is 0 Å². The molecule has 0 saturated carbocycles. The van der Waals surface area contributed by atoms with E-state index >= 15 is 0 Å². The van der Waals surface area contributed by atoms with Gasteiger partial charge >= 0.3 is 0 Å². The number of hydrogen-bond donors (Lipinski definition) is 1. The Hall–Kier alpha value is -0.670. The van der Waals surface area contributed by atoms with Crippen LogP contribution in [0.25, 0.3) is 0 Å². The van der Waals surface area contributed by atoms with E-state index in [0.717, 1.165) is 0 Å². The Bertz CT molecular complexity index is 174. The van der Waals surface area contributed by atoms with E-state index in [9.17, 15) is 4.79 Å². The van der Waals surface area contributed by atoms with Crippen LogP contribution in [0.2, 0.25) is 0 Å². The highest BCUT2D eigenvalue weighted by molar-refractivity contribution is 5.91. The molecule has 1 aliphatic heterocycles. The lowest BCUT2D eigenvalue weighted by molar-refractivity contribution is -0.127. The second kappa shape index (κ2) is 2.52. The van der Waals surface area contributed by atoms with Crippen molar-refractivity contribution in [2.75, 3.05) is 13.2 Å². The van der Waals surface area contributed by atoms with Gasteiger partial charge < -0.3 is 9.84 Å². The minimum absolute atomic E-state index is 0.0501. The van der Waals surface area contributed by atoms with Gasteiger partial charge in [0.05, 0.1) is 6.61 Å². The normalized spacial score (nSPS) is 32.8. The van der Waals surface area contributed by atoms with E-state index in [2.05, 4.69) is 0 Å². The van der Waals surface area contributed by atoms with Crippen LogP contribution in [-0.2, 0) is 9.53 Å². The summed E-state index contributed by atoms with van der Waals surface area (Å²) in [4.78, 5) is 10.6. The first-order valence-corrected chi connectivity index (χ1v) is 3.13.